The Kier molecular flexibility index (Phi) is 3.86. The minimum atomic E-state index is -3.07. The van der Waals surface area contributed by atoms with Crippen molar-refractivity contribution in [2.75, 3.05) is 26.0 Å². The van der Waals surface area contributed by atoms with Crippen LogP contribution in [0.1, 0.15) is 38.5 Å². The van der Waals surface area contributed by atoms with Gasteiger partial charge in [0, 0.05) is 25.2 Å². The van der Waals surface area contributed by atoms with Gasteiger partial charge in [-0.05, 0) is 50.4 Å². The third-order valence-corrected chi connectivity index (χ3v) is 6.37. The van der Waals surface area contributed by atoms with E-state index in [1.54, 1.807) is 4.31 Å². The molecule has 0 spiro atoms. The molecule has 2 saturated heterocycles. The van der Waals surface area contributed by atoms with Crippen molar-refractivity contribution in [2.24, 2.45) is 17.6 Å². The molecule has 0 amide bonds. The summed E-state index contributed by atoms with van der Waals surface area (Å²) in [4.78, 5) is 0. The van der Waals surface area contributed by atoms with Gasteiger partial charge >= 0.3 is 0 Å². The molecule has 3 rings (SSSR count). The van der Waals surface area contributed by atoms with Gasteiger partial charge in [0.2, 0.25) is 10.0 Å². The first-order chi connectivity index (χ1) is 9.38. The molecule has 0 aromatic heterocycles. The fourth-order valence-electron chi connectivity index (χ4n) is 3.94. The predicted molar refractivity (Wildman–Crippen MR) is 77.8 cm³/mol. The van der Waals surface area contributed by atoms with Crippen LogP contribution < -0.4 is 5.73 Å². The Bertz CT molecular complexity index is 463. The van der Waals surface area contributed by atoms with Crippen LogP contribution >= 0.6 is 0 Å². The molecule has 3 fully saturated rings. The molecular weight excluding hydrogens is 276 g/mol. The van der Waals surface area contributed by atoms with Gasteiger partial charge in [-0.1, -0.05) is 0 Å². The molecule has 2 aliphatic heterocycles. The predicted octanol–water partition coefficient (Wildman–Crippen LogP) is 0.945. The van der Waals surface area contributed by atoms with E-state index in [0.717, 1.165) is 32.3 Å². The first-order valence-corrected chi connectivity index (χ1v) is 9.59. The molecule has 2 heterocycles. The number of sulfonamides is 1. The number of nitrogens with two attached hydrogens (primary N) is 1. The molecule has 0 bridgehead atoms. The Morgan fingerprint density at radius 1 is 1.35 bits per heavy atom. The van der Waals surface area contributed by atoms with Crippen LogP contribution in [0.3, 0.4) is 0 Å². The van der Waals surface area contributed by atoms with E-state index in [0.29, 0.717) is 24.9 Å². The summed E-state index contributed by atoms with van der Waals surface area (Å²) in [5.74, 6) is 1.03. The Balaban J connectivity index is 1.64. The maximum absolute atomic E-state index is 11.7. The lowest BCUT2D eigenvalue weighted by Gasteiger charge is -2.38. The third-order valence-electron chi connectivity index (χ3n) is 5.10. The monoisotopic (exact) mass is 302 g/mol. The van der Waals surface area contributed by atoms with Crippen molar-refractivity contribution in [3.05, 3.63) is 0 Å². The van der Waals surface area contributed by atoms with Gasteiger partial charge in [0.1, 0.15) is 0 Å². The molecule has 0 aromatic rings. The maximum Gasteiger partial charge on any atom is 0.211 e. The summed E-state index contributed by atoms with van der Waals surface area (Å²) in [6, 6.07) is 0. The first-order valence-electron chi connectivity index (χ1n) is 7.74. The maximum atomic E-state index is 11.7. The van der Waals surface area contributed by atoms with Gasteiger partial charge in [0.25, 0.3) is 0 Å². The van der Waals surface area contributed by atoms with Crippen molar-refractivity contribution in [2.45, 2.75) is 50.2 Å². The van der Waals surface area contributed by atoms with Crippen molar-refractivity contribution in [3.8, 4) is 0 Å². The third kappa shape index (κ3) is 3.03. The van der Waals surface area contributed by atoms with E-state index >= 15 is 0 Å². The van der Waals surface area contributed by atoms with Gasteiger partial charge in [-0.25, -0.2) is 12.7 Å². The Morgan fingerprint density at radius 3 is 2.75 bits per heavy atom. The standard InChI is InChI=1S/C14H26N2O3S/c1-20(17,18)16-7-2-3-11(10-16)9-14(15)6-8-19-13(14)12-4-5-12/h11-13H,2-10,15H2,1H3. The van der Waals surface area contributed by atoms with E-state index in [9.17, 15) is 8.42 Å². The molecule has 1 aliphatic carbocycles. The minimum Gasteiger partial charge on any atom is -0.376 e. The van der Waals surface area contributed by atoms with Crippen LogP contribution in [0.2, 0.25) is 0 Å². The molecule has 1 saturated carbocycles. The lowest BCUT2D eigenvalue weighted by molar-refractivity contribution is 0.0515. The Hall–Kier alpha value is -0.170. The smallest absolute Gasteiger partial charge is 0.211 e. The molecule has 3 aliphatic rings. The molecule has 3 unspecified atom stereocenters. The van der Waals surface area contributed by atoms with Crippen LogP contribution in [0.4, 0.5) is 0 Å². The zero-order valence-corrected chi connectivity index (χ0v) is 13.1. The average molecular weight is 302 g/mol. The van der Waals surface area contributed by atoms with Gasteiger partial charge in [-0.3, -0.25) is 0 Å². The Morgan fingerprint density at radius 2 is 2.10 bits per heavy atom. The van der Waals surface area contributed by atoms with Crippen molar-refractivity contribution in [1.29, 1.82) is 0 Å². The molecule has 0 aromatic carbocycles. The summed E-state index contributed by atoms with van der Waals surface area (Å²) in [5.41, 5.74) is 6.41. The normalized spacial score (nSPS) is 40.1. The zero-order valence-electron chi connectivity index (χ0n) is 12.3. The van der Waals surface area contributed by atoms with E-state index in [-0.39, 0.29) is 11.6 Å². The van der Waals surface area contributed by atoms with E-state index < -0.39 is 10.0 Å². The number of hydrogen-bond acceptors (Lipinski definition) is 4. The summed E-state index contributed by atoms with van der Waals surface area (Å²) in [6.07, 6.45) is 7.85. The highest BCUT2D eigenvalue weighted by Crippen LogP contribution is 2.45. The second-order valence-corrected chi connectivity index (χ2v) is 8.93. The van der Waals surface area contributed by atoms with Crippen molar-refractivity contribution in [1.82, 2.24) is 4.31 Å². The van der Waals surface area contributed by atoms with Gasteiger partial charge < -0.3 is 10.5 Å². The summed E-state index contributed by atoms with van der Waals surface area (Å²) in [7, 11) is -3.07. The molecule has 2 N–H and O–H groups in total. The quantitative estimate of drug-likeness (QED) is 0.839. The number of rotatable bonds is 4. The summed E-state index contributed by atoms with van der Waals surface area (Å²) >= 11 is 0. The van der Waals surface area contributed by atoms with Gasteiger partial charge in [-0.2, -0.15) is 0 Å². The zero-order chi connectivity index (χ0) is 14.4. The summed E-state index contributed by atoms with van der Waals surface area (Å²) < 4.78 is 30.9. The summed E-state index contributed by atoms with van der Waals surface area (Å²) in [6.45, 7) is 2.06. The Labute approximate surface area is 121 Å². The highest BCUT2D eigenvalue weighted by Gasteiger charge is 2.49. The van der Waals surface area contributed by atoms with Crippen LogP contribution in [0.5, 0.6) is 0 Å². The molecule has 6 heteroatoms. The topological polar surface area (TPSA) is 72.6 Å². The van der Waals surface area contributed by atoms with Gasteiger partial charge in [0.15, 0.2) is 0 Å². The van der Waals surface area contributed by atoms with E-state index in [2.05, 4.69) is 0 Å². The van der Waals surface area contributed by atoms with Crippen LogP contribution in [-0.2, 0) is 14.8 Å². The number of piperidine rings is 1. The SMILES string of the molecule is CS(=O)(=O)N1CCCC(CC2(N)CCOC2C2CC2)C1. The first kappa shape index (κ1) is 14.8. The summed E-state index contributed by atoms with van der Waals surface area (Å²) in [5, 5.41) is 0. The van der Waals surface area contributed by atoms with E-state index in [4.69, 9.17) is 10.5 Å². The molecule has 0 radical (unpaired) electrons. The second kappa shape index (κ2) is 5.23. The molecule has 116 valence electrons. The van der Waals surface area contributed by atoms with Crippen molar-refractivity contribution < 1.29 is 13.2 Å². The lowest BCUT2D eigenvalue weighted by atomic mass is 9.79. The molecule has 3 atom stereocenters. The molecule has 5 nitrogen and oxygen atoms in total. The molecular formula is C14H26N2O3S. The lowest BCUT2D eigenvalue weighted by Crippen LogP contribution is -2.52. The van der Waals surface area contributed by atoms with Crippen molar-refractivity contribution in [3.63, 3.8) is 0 Å². The minimum absolute atomic E-state index is 0.205. The largest absolute Gasteiger partial charge is 0.376 e. The van der Waals surface area contributed by atoms with Crippen molar-refractivity contribution >= 4 is 10.0 Å². The second-order valence-electron chi connectivity index (χ2n) is 6.95. The number of nitrogens with zero attached hydrogens (tertiary/aromatic N) is 1. The highest BCUT2D eigenvalue weighted by molar-refractivity contribution is 7.88. The van der Waals surface area contributed by atoms with E-state index in [1.165, 1.54) is 19.1 Å². The highest BCUT2D eigenvalue weighted by atomic mass is 32.2. The van der Waals surface area contributed by atoms with Gasteiger partial charge in [0.05, 0.1) is 12.4 Å². The number of hydrogen-bond donors (Lipinski definition) is 1. The van der Waals surface area contributed by atoms with Crippen LogP contribution in [0, 0.1) is 11.8 Å². The molecule has 20 heavy (non-hydrogen) atoms. The fourth-order valence-corrected chi connectivity index (χ4v) is 4.88. The van der Waals surface area contributed by atoms with Gasteiger partial charge in [-0.15, -0.1) is 0 Å². The fraction of sp³-hybridized carbons (Fsp3) is 1.00. The van der Waals surface area contributed by atoms with Crippen LogP contribution in [-0.4, -0.2) is 50.3 Å². The average Bonchev–Trinajstić information content (AvgIpc) is 3.13. The number of ether oxygens (including phenoxy) is 1. The van der Waals surface area contributed by atoms with Crippen LogP contribution in [0.25, 0.3) is 0 Å². The van der Waals surface area contributed by atoms with Crippen LogP contribution in [0.15, 0.2) is 0 Å². The van der Waals surface area contributed by atoms with E-state index in [1.807, 2.05) is 0 Å².